The van der Waals surface area contributed by atoms with Crippen molar-refractivity contribution < 1.29 is 4.79 Å². The minimum absolute atomic E-state index is 0.0421. The van der Waals surface area contributed by atoms with Crippen LogP contribution in [0.5, 0.6) is 0 Å². The summed E-state index contributed by atoms with van der Waals surface area (Å²) in [5, 5.41) is 5.96. The molecule has 0 aliphatic carbocycles. The molecule has 0 radical (unpaired) electrons. The Morgan fingerprint density at radius 2 is 2.12 bits per heavy atom. The summed E-state index contributed by atoms with van der Waals surface area (Å²) < 4.78 is 0. The van der Waals surface area contributed by atoms with Crippen molar-refractivity contribution >= 4 is 23.5 Å². The molecule has 8 nitrogen and oxygen atoms in total. The molecule has 4 rings (SSSR count). The highest BCUT2D eigenvalue weighted by molar-refractivity contribution is 5.72. The molecule has 2 aliphatic heterocycles. The van der Waals surface area contributed by atoms with Crippen molar-refractivity contribution in [1.82, 2.24) is 20.7 Å². The maximum Gasteiger partial charge on any atom is 0.226 e. The van der Waals surface area contributed by atoms with Crippen LogP contribution in [0.4, 0.5) is 17.6 Å². The fraction of sp³-hybridized carbons (Fsp3) is 0.389. The summed E-state index contributed by atoms with van der Waals surface area (Å²) in [4.78, 5) is 22.6. The smallest absolute Gasteiger partial charge is 0.226 e. The van der Waals surface area contributed by atoms with Crippen molar-refractivity contribution in [1.29, 1.82) is 0 Å². The van der Waals surface area contributed by atoms with Crippen molar-refractivity contribution in [2.24, 2.45) is 0 Å². The Morgan fingerprint density at radius 3 is 2.92 bits per heavy atom. The van der Waals surface area contributed by atoms with Gasteiger partial charge in [0.1, 0.15) is 5.82 Å². The van der Waals surface area contributed by atoms with Crippen molar-refractivity contribution in [3.8, 4) is 0 Å². The van der Waals surface area contributed by atoms with Crippen LogP contribution < -0.4 is 26.4 Å². The van der Waals surface area contributed by atoms with Gasteiger partial charge >= 0.3 is 0 Å². The number of rotatable bonds is 6. The zero-order chi connectivity index (χ0) is 17.9. The third-order valence-corrected chi connectivity index (χ3v) is 4.62. The molecule has 1 amide bonds. The van der Waals surface area contributed by atoms with Gasteiger partial charge < -0.3 is 21.0 Å². The molecule has 136 valence electrons. The van der Waals surface area contributed by atoms with E-state index in [1.54, 1.807) is 0 Å². The molecule has 1 unspecified atom stereocenters. The van der Waals surface area contributed by atoms with E-state index in [2.05, 4.69) is 55.6 Å². The van der Waals surface area contributed by atoms with Gasteiger partial charge in [0.25, 0.3) is 0 Å². The summed E-state index contributed by atoms with van der Waals surface area (Å²) in [6, 6.07) is 10.7. The third-order valence-electron chi connectivity index (χ3n) is 4.62. The Labute approximate surface area is 152 Å². The summed E-state index contributed by atoms with van der Waals surface area (Å²) in [5.74, 6) is 2.33. The van der Waals surface area contributed by atoms with Gasteiger partial charge in [0.05, 0.1) is 11.6 Å². The number of benzene rings is 1. The summed E-state index contributed by atoms with van der Waals surface area (Å²) in [6.45, 7) is 4.37. The van der Waals surface area contributed by atoms with Crippen molar-refractivity contribution in [2.45, 2.75) is 25.9 Å². The van der Waals surface area contributed by atoms with Crippen molar-refractivity contribution in [3.05, 3.63) is 41.5 Å². The molecule has 0 saturated carbocycles. The van der Waals surface area contributed by atoms with Crippen LogP contribution in [0, 0.1) is 0 Å². The third kappa shape index (κ3) is 3.41. The van der Waals surface area contributed by atoms with Crippen molar-refractivity contribution in [3.63, 3.8) is 0 Å². The van der Waals surface area contributed by atoms with Gasteiger partial charge in [0.2, 0.25) is 11.9 Å². The number of carbonyl (C=O) groups is 1. The molecule has 1 atom stereocenters. The first-order chi connectivity index (χ1) is 12.7. The summed E-state index contributed by atoms with van der Waals surface area (Å²) in [7, 11) is 0. The first-order valence-electron chi connectivity index (χ1n) is 8.91. The lowest BCUT2D eigenvalue weighted by Crippen LogP contribution is -2.34. The number of hydrogen-bond donors (Lipinski definition) is 4. The van der Waals surface area contributed by atoms with Crippen LogP contribution in [0.15, 0.2) is 30.3 Å². The van der Waals surface area contributed by atoms with Gasteiger partial charge in [0, 0.05) is 33.1 Å². The lowest BCUT2D eigenvalue weighted by atomic mass is 10.0. The van der Waals surface area contributed by atoms with E-state index in [1.165, 1.54) is 12.5 Å². The second-order valence-corrected chi connectivity index (χ2v) is 6.56. The Morgan fingerprint density at radius 1 is 1.27 bits per heavy atom. The van der Waals surface area contributed by atoms with Gasteiger partial charge in [0.15, 0.2) is 5.82 Å². The Hall–Kier alpha value is -2.87. The predicted octanol–water partition coefficient (Wildman–Crippen LogP) is 1.41. The molecular weight excluding hydrogens is 330 g/mol. The molecule has 2 aromatic rings. The number of nitrogens with zero attached hydrogens (tertiary/aromatic N) is 3. The predicted molar refractivity (Wildman–Crippen MR) is 101 cm³/mol. The summed E-state index contributed by atoms with van der Waals surface area (Å²) in [6.07, 6.45) is 1.01. The molecule has 1 aromatic heterocycles. The maximum atomic E-state index is 11.0. The molecular formula is C18H23N7O. The highest BCUT2D eigenvalue weighted by Crippen LogP contribution is 2.40. The topological polar surface area (TPSA) is 94.2 Å². The first kappa shape index (κ1) is 16.6. The molecule has 0 saturated heterocycles. The van der Waals surface area contributed by atoms with Crippen LogP contribution in [0.3, 0.4) is 0 Å². The SMILES string of the molecule is CC(=O)NCCNc1nc2c3c(n1)N(Cc1ccccc1)CCC3NN2. The van der Waals surface area contributed by atoms with Crippen LogP contribution in [0.1, 0.15) is 30.5 Å². The van der Waals surface area contributed by atoms with E-state index in [-0.39, 0.29) is 11.9 Å². The van der Waals surface area contributed by atoms with E-state index in [9.17, 15) is 4.79 Å². The van der Waals surface area contributed by atoms with Gasteiger partial charge in [-0.2, -0.15) is 9.97 Å². The van der Waals surface area contributed by atoms with E-state index in [4.69, 9.17) is 4.98 Å². The number of anilines is 3. The van der Waals surface area contributed by atoms with Crippen molar-refractivity contribution in [2.75, 3.05) is 35.3 Å². The first-order valence-corrected chi connectivity index (χ1v) is 8.91. The zero-order valence-electron chi connectivity index (χ0n) is 14.7. The second kappa shape index (κ2) is 7.17. The van der Waals surface area contributed by atoms with Gasteiger partial charge in [-0.3, -0.25) is 4.79 Å². The lowest BCUT2D eigenvalue weighted by molar-refractivity contribution is -0.118. The standard InChI is InChI=1S/C18H23N7O/c1-12(26)19-8-9-20-18-21-16-15-14(23-24-16)7-10-25(17(15)22-18)11-13-5-3-2-4-6-13/h2-6,14,23H,7-11H2,1H3,(H,19,26)(H2,20,21,22,24). The quantitative estimate of drug-likeness (QED) is 0.583. The number of aromatic nitrogens is 2. The van der Waals surface area contributed by atoms with E-state index in [0.29, 0.717) is 19.0 Å². The molecule has 8 heteroatoms. The largest absolute Gasteiger partial charge is 0.355 e. The number of amides is 1. The van der Waals surface area contributed by atoms with Gasteiger partial charge in [-0.15, -0.1) is 0 Å². The van der Waals surface area contributed by atoms with E-state index >= 15 is 0 Å². The Kier molecular flexibility index (Phi) is 4.57. The molecule has 0 spiro atoms. The number of carbonyl (C=O) groups excluding carboxylic acids is 1. The Balaban J connectivity index is 1.55. The van der Waals surface area contributed by atoms with Crippen LogP contribution in [0.2, 0.25) is 0 Å². The number of nitrogens with one attached hydrogen (secondary N) is 4. The molecule has 0 fully saturated rings. The Bertz CT molecular complexity index is 796. The number of hydrogen-bond acceptors (Lipinski definition) is 7. The van der Waals surface area contributed by atoms with Crippen LogP contribution >= 0.6 is 0 Å². The fourth-order valence-corrected chi connectivity index (χ4v) is 3.40. The van der Waals surface area contributed by atoms with Gasteiger partial charge in [-0.05, 0) is 12.0 Å². The average Bonchev–Trinajstić information content (AvgIpc) is 3.06. The lowest BCUT2D eigenvalue weighted by Gasteiger charge is -2.32. The van der Waals surface area contributed by atoms with E-state index in [0.717, 1.165) is 36.7 Å². The molecule has 0 bridgehead atoms. The van der Waals surface area contributed by atoms with Gasteiger partial charge in [-0.25, -0.2) is 5.43 Å². The summed E-state index contributed by atoms with van der Waals surface area (Å²) in [5.41, 5.74) is 8.87. The normalized spacial score (nSPS) is 17.4. The monoisotopic (exact) mass is 353 g/mol. The van der Waals surface area contributed by atoms with Gasteiger partial charge in [-0.1, -0.05) is 30.3 Å². The fourth-order valence-electron chi connectivity index (χ4n) is 3.40. The molecule has 26 heavy (non-hydrogen) atoms. The molecule has 1 aromatic carbocycles. The molecule has 2 aliphatic rings. The van der Waals surface area contributed by atoms with Crippen LogP contribution in [-0.2, 0) is 11.3 Å². The van der Waals surface area contributed by atoms with Crippen LogP contribution in [-0.4, -0.2) is 35.5 Å². The molecule has 3 heterocycles. The minimum atomic E-state index is -0.0421. The summed E-state index contributed by atoms with van der Waals surface area (Å²) >= 11 is 0. The van der Waals surface area contributed by atoms with E-state index < -0.39 is 0 Å². The minimum Gasteiger partial charge on any atom is -0.355 e. The molecule has 4 N–H and O–H groups in total. The van der Waals surface area contributed by atoms with Crippen LogP contribution in [0.25, 0.3) is 0 Å². The zero-order valence-corrected chi connectivity index (χ0v) is 14.7. The maximum absolute atomic E-state index is 11.0. The average molecular weight is 353 g/mol. The highest BCUT2D eigenvalue weighted by atomic mass is 16.1. The number of hydrazine groups is 1. The van der Waals surface area contributed by atoms with E-state index in [1.807, 2.05) is 6.07 Å². The highest BCUT2D eigenvalue weighted by Gasteiger charge is 2.34. The second-order valence-electron chi connectivity index (χ2n) is 6.56.